The Balaban J connectivity index is 1.50. The first-order chi connectivity index (χ1) is 12.6. The SMILES string of the molecule is COCCNC(=O)CCNC(=O)N1CC2CC(C1)c1cccc(=O)n1C2. The molecule has 0 aliphatic carbocycles. The predicted octanol–water partition coefficient (Wildman–Crippen LogP) is 0.130. The van der Waals surface area contributed by atoms with Crippen LogP contribution in [0.4, 0.5) is 4.79 Å². The van der Waals surface area contributed by atoms with Crippen LogP contribution in [0.3, 0.4) is 0 Å². The molecule has 8 heteroatoms. The molecular formula is C18H26N4O4. The molecule has 2 atom stereocenters. The maximum absolute atomic E-state index is 12.4. The number of fused-ring (bicyclic) bond motifs is 4. The van der Waals surface area contributed by atoms with Crippen LogP contribution in [0.2, 0.25) is 0 Å². The number of pyridine rings is 1. The topological polar surface area (TPSA) is 92.7 Å². The van der Waals surface area contributed by atoms with Crippen LogP contribution < -0.4 is 16.2 Å². The molecule has 0 spiro atoms. The first kappa shape index (κ1) is 18.4. The van der Waals surface area contributed by atoms with Crippen LogP contribution in [0.15, 0.2) is 23.0 Å². The summed E-state index contributed by atoms with van der Waals surface area (Å²) in [6.07, 6.45) is 1.25. The van der Waals surface area contributed by atoms with E-state index in [-0.39, 0.29) is 29.8 Å². The summed E-state index contributed by atoms with van der Waals surface area (Å²) in [5.41, 5.74) is 1.05. The van der Waals surface area contributed by atoms with E-state index in [2.05, 4.69) is 10.6 Å². The van der Waals surface area contributed by atoms with Crippen LogP contribution in [0, 0.1) is 5.92 Å². The van der Waals surface area contributed by atoms with Gasteiger partial charge in [-0.3, -0.25) is 9.59 Å². The monoisotopic (exact) mass is 362 g/mol. The fourth-order valence-corrected chi connectivity index (χ4v) is 3.84. The van der Waals surface area contributed by atoms with Crippen molar-refractivity contribution >= 4 is 11.9 Å². The predicted molar refractivity (Wildman–Crippen MR) is 96.0 cm³/mol. The lowest BCUT2D eigenvalue weighted by molar-refractivity contribution is -0.121. The quantitative estimate of drug-likeness (QED) is 0.704. The minimum absolute atomic E-state index is 0.0367. The smallest absolute Gasteiger partial charge is 0.317 e. The molecule has 0 saturated carbocycles. The number of hydrogen-bond donors (Lipinski definition) is 2. The lowest BCUT2D eigenvalue weighted by Gasteiger charge is -2.42. The van der Waals surface area contributed by atoms with E-state index in [1.54, 1.807) is 19.2 Å². The summed E-state index contributed by atoms with van der Waals surface area (Å²) in [5.74, 6) is 0.384. The van der Waals surface area contributed by atoms with Gasteiger partial charge in [-0.25, -0.2) is 4.79 Å². The molecule has 3 heterocycles. The molecule has 1 saturated heterocycles. The van der Waals surface area contributed by atoms with E-state index in [0.29, 0.717) is 45.2 Å². The first-order valence-corrected chi connectivity index (χ1v) is 9.06. The molecule has 1 aromatic heterocycles. The van der Waals surface area contributed by atoms with Gasteiger partial charge < -0.3 is 24.8 Å². The Morgan fingerprint density at radius 1 is 1.19 bits per heavy atom. The van der Waals surface area contributed by atoms with Crippen LogP contribution in [-0.2, 0) is 16.1 Å². The Labute approximate surface area is 152 Å². The Morgan fingerprint density at radius 2 is 2.04 bits per heavy atom. The van der Waals surface area contributed by atoms with E-state index in [9.17, 15) is 14.4 Å². The van der Waals surface area contributed by atoms with E-state index >= 15 is 0 Å². The van der Waals surface area contributed by atoms with Crippen molar-refractivity contribution < 1.29 is 14.3 Å². The van der Waals surface area contributed by atoms with Crippen LogP contribution in [0.1, 0.15) is 24.5 Å². The summed E-state index contributed by atoms with van der Waals surface area (Å²) in [6, 6.07) is 5.22. The lowest BCUT2D eigenvalue weighted by Crippen LogP contribution is -2.52. The maximum Gasteiger partial charge on any atom is 0.317 e. The van der Waals surface area contributed by atoms with Gasteiger partial charge in [0.25, 0.3) is 5.56 Å². The molecule has 0 radical (unpaired) electrons. The zero-order valence-electron chi connectivity index (χ0n) is 15.1. The van der Waals surface area contributed by atoms with Gasteiger partial charge in [0.2, 0.25) is 5.91 Å². The number of urea groups is 1. The van der Waals surface area contributed by atoms with E-state index in [4.69, 9.17) is 4.74 Å². The van der Waals surface area contributed by atoms with Crippen molar-refractivity contribution in [2.45, 2.75) is 25.3 Å². The van der Waals surface area contributed by atoms with Crippen molar-refractivity contribution in [3.8, 4) is 0 Å². The second-order valence-electron chi connectivity index (χ2n) is 6.93. The minimum Gasteiger partial charge on any atom is -0.383 e. The average molecular weight is 362 g/mol. The maximum atomic E-state index is 12.4. The number of carbonyl (C=O) groups excluding carboxylic acids is 2. The van der Waals surface area contributed by atoms with E-state index in [1.165, 1.54) is 0 Å². The molecule has 3 rings (SSSR count). The van der Waals surface area contributed by atoms with E-state index in [0.717, 1.165) is 12.1 Å². The average Bonchev–Trinajstić information content (AvgIpc) is 2.62. The number of nitrogens with zero attached hydrogens (tertiary/aromatic N) is 2. The van der Waals surface area contributed by atoms with Crippen molar-refractivity contribution in [3.63, 3.8) is 0 Å². The molecular weight excluding hydrogens is 336 g/mol. The first-order valence-electron chi connectivity index (χ1n) is 9.06. The van der Waals surface area contributed by atoms with Crippen molar-refractivity contribution in [2.24, 2.45) is 5.92 Å². The summed E-state index contributed by atoms with van der Waals surface area (Å²) in [6.45, 7) is 3.16. The number of nitrogens with one attached hydrogen (secondary N) is 2. The molecule has 142 valence electrons. The van der Waals surface area contributed by atoms with Gasteiger partial charge in [0.05, 0.1) is 6.61 Å². The van der Waals surface area contributed by atoms with Crippen LogP contribution >= 0.6 is 0 Å². The van der Waals surface area contributed by atoms with Crippen molar-refractivity contribution in [1.29, 1.82) is 0 Å². The second kappa shape index (κ2) is 8.35. The molecule has 2 bridgehead atoms. The summed E-state index contributed by atoms with van der Waals surface area (Å²) in [5, 5.41) is 5.55. The minimum atomic E-state index is -0.142. The summed E-state index contributed by atoms with van der Waals surface area (Å²) in [7, 11) is 1.58. The van der Waals surface area contributed by atoms with Gasteiger partial charge in [-0.05, 0) is 18.4 Å². The summed E-state index contributed by atoms with van der Waals surface area (Å²) < 4.78 is 6.72. The Bertz CT molecular complexity index is 717. The third-order valence-corrected chi connectivity index (χ3v) is 5.02. The molecule has 26 heavy (non-hydrogen) atoms. The fourth-order valence-electron chi connectivity index (χ4n) is 3.84. The molecule has 2 aliphatic rings. The molecule has 2 N–H and O–H groups in total. The standard InChI is InChI=1S/C18H26N4O4/c1-26-8-7-19-16(23)5-6-20-18(25)21-10-13-9-14(12-21)15-3-2-4-17(24)22(15)11-13/h2-4,13-14H,5-12H2,1H3,(H,19,23)(H,20,25). The number of ether oxygens (including phenoxy) is 1. The van der Waals surface area contributed by atoms with Crippen LogP contribution in [0.5, 0.6) is 0 Å². The summed E-state index contributed by atoms with van der Waals surface area (Å²) >= 11 is 0. The fraction of sp³-hybridized carbons (Fsp3) is 0.611. The molecule has 8 nitrogen and oxygen atoms in total. The third-order valence-electron chi connectivity index (χ3n) is 5.02. The van der Waals surface area contributed by atoms with Gasteiger partial charge in [-0.1, -0.05) is 6.07 Å². The number of likely N-dealkylation sites (tertiary alicyclic amines) is 1. The van der Waals surface area contributed by atoms with Crippen molar-refractivity contribution in [1.82, 2.24) is 20.1 Å². The lowest BCUT2D eigenvalue weighted by atomic mass is 9.83. The van der Waals surface area contributed by atoms with Gasteiger partial charge >= 0.3 is 6.03 Å². The number of rotatable bonds is 6. The Hall–Kier alpha value is -2.35. The summed E-state index contributed by atoms with van der Waals surface area (Å²) in [4.78, 5) is 37.9. The molecule has 1 fully saturated rings. The Morgan fingerprint density at radius 3 is 2.85 bits per heavy atom. The van der Waals surface area contributed by atoms with Crippen LogP contribution in [-0.4, -0.2) is 61.3 Å². The third kappa shape index (κ3) is 4.24. The number of hydrogen-bond acceptors (Lipinski definition) is 4. The highest BCUT2D eigenvalue weighted by Crippen LogP contribution is 2.34. The molecule has 3 amide bonds. The highest BCUT2D eigenvalue weighted by molar-refractivity contribution is 5.78. The number of piperidine rings is 1. The van der Waals surface area contributed by atoms with Crippen molar-refractivity contribution in [2.75, 3.05) is 39.9 Å². The van der Waals surface area contributed by atoms with Gasteiger partial charge in [-0.15, -0.1) is 0 Å². The molecule has 1 aromatic rings. The highest BCUT2D eigenvalue weighted by atomic mass is 16.5. The number of aromatic nitrogens is 1. The molecule has 2 aliphatic heterocycles. The van der Waals surface area contributed by atoms with E-state index < -0.39 is 0 Å². The molecule has 2 unspecified atom stereocenters. The largest absolute Gasteiger partial charge is 0.383 e. The van der Waals surface area contributed by atoms with Gasteiger partial charge in [0, 0.05) is 63.9 Å². The number of methoxy groups -OCH3 is 1. The number of carbonyl (C=O) groups is 2. The van der Waals surface area contributed by atoms with Crippen molar-refractivity contribution in [3.05, 3.63) is 34.2 Å². The zero-order valence-corrected chi connectivity index (χ0v) is 15.1. The molecule has 0 aromatic carbocycles. The van der Waals surface area contributed by atoms with Crippen LogP contribution in [0.25, 0.3) is 0 Å². The Kier molecular flexibility index (Phi) is 5.92. The van der Waals surface area contributed by atoms with E-state index in [1.807, 2.05) is 15.5 Å². The zero-order chi connectivity index (χ0) is 18.5. The second-order valence-corrected chi connectivity index (χ2v) is 6.93. The number of amides is 3. The van der Waals surface area contributed by atoms with Gasteiger partial charge in [0.15, 0.2) is 0 Å². The van der Waals surface area contributed by atoms with Gasteiger partial charge in [0.1, 0.15) is 0 Å². The normalized spacial score (nSPS) is 21.0. The van der Waals surface area contributed by atoms with Gasteiger partial charge in [-0.2, -0.15) is 0 Å². The highest BCUT2D eigenvalue weighted by Gasteiger charge is 2.36.